The van der Waals surface area contributed by atoms with Crippen LogP contribution in [-0.4, -0.2) is 23.2 Å². The average molecular weight is 219 g/mol. The number of hydrogen-bond donors (Lipinski definition) is 0. The molecular weight excluding hydrogens is 210 g/mol. The summed E-state index contributed by atoms with van der Waals surface area (Å²) in [6.07, 6.45) is 0.990. The summed E-state index contributed by atoms with van der Waals surface area (Å²) in [6.45, 7) is 0.773. The van der Waals surface area contributed by atoms with Crippen molar-refractivity contribution in [3.8, 4) is 0 Å². The molecule has 0 saturated carbocycles. The first-order valence-electron chi connectivity index (χ1n) is 3.29. The van der Waals surface area contributed by atoms with Crippen LogP contribution in [0.15, 0.2) is 30.3 Å². The zero-order chi connectivity index (χ0) is 7.23. The number of benzene rings is 1. The van der Waals surface area contributed by atoms with E-state index in [-0.39, 0.29) is 24.8 Å². The Morgan fingerprint density at radius 3 is 2.17 bits per heavy atom. The molecular formula is C8H9AlCl2O. The smallest absolute Gasteiger partial charge is 1.00 e. The van der Waals surface area contributed by atoms with Gasteiger partial charge in [0.15, 0.2) is 0 Å². The Bertz CT molecular complexity index is 182. The summed E-state index contributed by atoms with van der Waals surface area (Å²) in [5.41, 5.74) is 1.32. The third-order valence-corrected chi connectivity index (χ3v) is 1.59. The quantitative estimate of drug-likeness (QED) is 0.464. The van der Waals surface area contributed by atoms with Crippen LogP contribution in [0.3, 0.4) is 0 Å². The number of halogens is 2. The zero-order valence-corrected chi connectivity index (χ0v) is 9.21. The van der Waals surface area contributed by atoms with Crippen molar-refractivity contribution in [2.45, 2.75) is 6.42 Å². The minimum Gasteiger partial charge on any atom is -1.00 e. The fourth-order valence-corrected chi connectivity index (χ4v) is 0.939. The van der Waals surface area contributed by atoms with Gasteiger partial charge in [-0.3, -0.25) is 0 Å². The molecule has 1 rings (SSSR count). The topological polar surface area (TPSA) is 9.23 Å². The normalized spacial score (nSPS) is 8.17. The van der Waals surface area contributed by atoms with Gasteiger partial charge in [-0.15, -0.1) is 0 Å². The van der Waals surface area contributed by atoms with E-state index in [0.717, 1.165) is 13.0 Å². The van der Waals surface area contributed by atoms with E-state index in [2.05, 4.69) is 28.8 Å². The maximum absolute atomic E-state index is 4.86. The Hall–Kier alpha value is 0.292. The predicted octanol–water partition coefficient (Wildman–Crippen LogP) is -4.66. The third kappa shape index (κ3) is 5.88. The van der Waals surface area contributed by atoms with Gasteiger partial charge in [0.05, 0.1) is 0 Å². The molecule has 0 heterocycles. The van der Waals surface area contributed by atoms with Crippen LogP contribution in [0, 0.1) is 0 Å². The molecule has 0 spiro atoms. The molecule has 1 aromatic rings. The van der Waals surface area contributed by atoms with Gasteiger partial charge in [0.25, 0.3) is 0 Å². The van der Waals surface area contributed by atoms with E-state index in [1.807, 2.05) is 18.2 Å². The molecule has 0 radical (unpaired) electrons. The number of hydrogen-bond acceptors (Lipinski definition) is 1. The molecule has 64 valence electrons. The molecule has 0 aliphatic heterocycles. The maximum atomic E-state index is 4.86. The second kappa shape index (κ2) is 9.38. The van der Waals surface area contributed by atoms with Crippen LogP contribution in [0.1, 0.15) is 5.56 Å². The maximum Gasteiger partial charge on any atom is -1.00 e. The summed E-state index contributed by atoms with van der Waals surface area (Å²) in [6, 6.07) is 10.3. The van der Waals surface area contributed by atoms with Gasteiger partial charge in [-0.05, 0) is 0 Å². The Kier molecular flexibility index (Phi) is 11.6. The van der Waals surface area contributed by atoms with E-state index >= 15 is 0 Å². The number of rotatable bonds is 3. The molecule has 0 aliphatic rings. The SMILES string of the molecule is [Al+2][O]CCc1ccccc1.[Cl-].[Cl-]. The van der Waals surface area contributed by atoms with E-state index in [1.54, 1.807) is 0 Å². The Morgan fingerprint density at radius 1 is 1.08 bits per heavy atom. The summed E-state index contributed by atoms with van der Waals surface area (Å²) >= 11 is 2.25. The van der Waals surface area contributed by atoms with E-state index in [1.165, 1.54) is 5.56 Å². The minimum atomic E-state index is 0. The molecule has 0 N–H and O–H groups in total. The van der Waals surface area contributed by atoms with Crippen LogP contribution in [0.4, 0.5) is 0 Å². The first-order chi connectivity index (χ1) is 4.93. The second-order valence-corrected chi connectivity index (χ2v) is 2.44. The molecule has 0 atom stereocenters. The van der Waals surface area contributed by atoms with Crippen molar-refractivity contribution >= 4 is 16.6 Å². The molecule has 0 unspecified atom stereocenters. The van der Waals surface area contributed by atoms with Crippen LogP contribution in [0.25, 0.3) is 0 Å². The summed E-state index contributed by atoms with van der Waals surface area (Å²) in [7, 11) is 0. The van der Waals surface area contributed by atoms with Gasteiger partial charge >= 0.3 is 69.3 Å². The molecule has 0 bridgehead atoms. The fraction of sp³-hybridized carbons (Fsp3) is 0.250. The largest absolute Gasteiger partial charge is 1.00 e. The molecule has 1 nitrogen and oxygen atoms in total. The van der Waals surface area contributed by atoms with Gasteiger partial charge in [0.2, 0.25) is 0 Å². The van der Waals surface area contributed by atoms with Crippen LogP contribution >= 0.6 is 0 Å². The van der Waals surface area contributed by atoms with Crippen molar-refractivity contribution in [3.63, 3.8) is 0 Å². The molecule has 0 aromatic heterocycles. The first kappa shape index (κ1) is 14.8. The molecule has 1 aromatic carbocycles. The molecule has 4 heteroatoms. The van der Waals surface area contributed by atoms with Crippen LogP contribution in [-0.2, 0) is 10.2 Å². The average Bonchev–Trinajstić information content (AvgIpc) is 2.03. The van der Waals surface area contributed by atoms with Crippen molar-refractivity contribution in [1.29, 1.82) is 0 Å². The van der Waals surface area contributed by atoms with Gasteiger partial charge in [-0.25, -0.2) is 0 Å². The van der Waals surface area contributed by atoms with Crippen molar-refractivity contribution < 1.29 is 28.6 Å². The predicted molar refractivity (Wildman–Crippen MR) is 41.9 cm³/mol. The van der Waals surface area contributed by atoms with E-state index < -0.39 is 0 Å². The Morgan fingerprint density at radius 2 is 1.67 bits per heavy atom. The molecule has 0 amide bonds. The summed E-state index contributed by atoms with van der Waals surface area (Å²) in [5.74, 6) is 0. The molecule has 12 heavy (non-hydrogen) atoms. The van der Waals surface area contributed by atoms with Gasteiger partial charge in [0, 0.05) is 0 Å². The van der Waals surface area contributed by atoms with E-state index in [0.29, 0.717) is 0 Å². The van der Waals surface area contributed by atoms with Gasteiger partial charge < -0.3 is 24.8 Å². The minimum absolute atomic E-state index is 0. The fourth-order valence-electron chi connectivity index (χ4n) is 0.821. The standard InChI is InChI=1S/C8H9O.Al.2ClH/c9-7-6-8-4-2-1-3-5-8;;;/h1-5H,6-7H2;;2*1H/q-1;+3;;/p-2. The Balaban J connectivity index is 0. The second-order valence-electron chi connectivity index (χ2n) is 2.11. The summed E-state index contributed by atoms with van der Waals surface area (Å²) in [5, 5.41) is 0. The van der Waals surface area contributed by atoms with Crippen molar-refractivity contribution in [2.75, 3.05) is 6.61 Å². The zero-order valence-electron chi connectivity index (χ0n) is 6.54. The Labute approximate surface area is 94.1 Å². The van der Waals surface area contributed by atoms with E-state index in [9.17, 15) is 0 Å². The summed E-state index contributed by atoms with van der Waals surface area (Å²) in [4.78, 5) is 0. The van der Waals surface area contributed by atoms with E-state index in [4.69, 9.17) is 3.79 Å². The van der Waals surface area contributed by atoms with Gasteiger partial charge in [0.1, 0.15) is 0 Å². The first-order valence-corrected chi connectivity index (χ1v) is 3.76. The van der Waals surface area contributed by atoms with Crippen LogP contribution in [0.5, 0.6) is 0 Å². The molecule has 0 fully saturated rings. The van der Waals surface area contributed by atoms with Crippen molar-refractivity contribution in [2.24, 2.45) is 0 Å². The summed E-state index contributed by atoms with van der Waals surface area (Å²) < 4.78 is 4.86. The molecule has 0 saturated heterocycles. The monoisotopic (exact) mass is 218 g/mol. The van der Waals surface area contributed by atoms with Crippen molar-refractivity contribution in [1.82, 2.24) is 0 Å². The van der Waals surface area contributed by atoms with Gasteiger partial charge in [-0.2, -0.15) is 0 Å². The third-order valence-electron chi connectivity index (χ3n) is 1.35. The van der Waals surface area contributed by atoms with Crippen LogP contribution in [0.2, 0.25) is 0 Å². The van der Waals surface area contributed by atoms with Crippen molar-refractivity contribution in [3.05, 3.63) is 35.9 Å². The van der Waals surface area contributed by atoms with Gasteiger partial charge in [-0.1, -0.05) is 0 Å². The van der Waals surface area contributed by atoms with Crippen LogP contribution < -0.4 is 24.8 Å². The molecule has 0 aliphatic carbocycles.